The summed E-state index contributed by atoms with van der Waals surface area (Å²) in [6.45, 7) is 3.74. The van der Waals surface area contributed by atoms with E-state index in [1.54, 1.807) is 0 Å². The van der Waals surface area contributed by atoms with Gasteiger partial charge in [0.25, 0.3) is 0 Å². The van der Waals surface area contributed by atoms with Gasteiger partial charge in [-0.2, -0.15) is 0 Å². The van der Waals surface area contributed by atoms with Crippen LogP contribution in [0, 0.1) is 17.3 Å². The molecule has 3 atom stereocenters. The van der Waals surface area contributed by atoms with E-state index in [9.17, 15) is 19.2 Å². The molecular formula is C11H12N2O4. The lowest BCUT2D eigenvalue weighted by atomic mass is 10.0. The Morgan fingerprint density at radius 3 is 2.06 bits per heavy atom. The summed E-state index contributed by atoms with van der Waals surface area (Å²) in [6.07, 6.45) is -0.101. The number of fused-ring (bicyclic) bond motifs is 1. The fourth-order valence-electron chi connectivity index (χ4n) is 3.02. The number of likely N-dealkylation sites (tertiary alicyclic amines) is 1. The van der Waals surface area contributed by atoms with Gasteiger partial charge in [-0.1, -0.05) is 13.8 Å². The summed E-state index contributed by atoms with van der Waals surface area (Å²) in [5.74, 6) is -2.20. The number of carbonyl (C=O) groups is 4. The third-order valence-corrected chi connectivity index (χ3v) is 4.09. The van der Waals surface area contributed by atoms with E-state index in [1.165, 1.54) is 0 Å². The fourth-order valence-corrected chi connectivity index (χ4v) is 3.02. The number of amides is 4. The zero-order valence-corrected chi connectivity index (χ0v) is 9.52. The molecule has 0 spiro atoms. The van der Waals surface area contributed by atoms with Crippen molar-refractivity contribution in [2.75, 3.05) is 0 Å². The summed E-state index contributed by atoms with van der Waals surface area (Å²) >= 11 is 0. The van der Waals surface area contributed by atoms with Crippen LogP contribution < -0.4 is 5.32 Å². The maximum absolute atomic E-state index is 12.0. The highest BCUT2D eigenvalue weighted by Gasteiger charge is 2.73. The maximum atomic E-state index is 12.0. The Balaban J connectivity index is 1.88. The molecule has 90 valence electrons. The van der Waals surface area contributed by atoms with Crippen molar-refractivity contribution in [2.45, 2.75) is 26.3 Å². The van der Waals surface area contributed by atoms with E-state index in [4.69, 9.17) is 0 Å². The first-order valence-corrected chi connectivity index (χ1v) is 5.56. The highest BCUT2D eigenvalue weighted by molar-refractivity contribution is 6.16. The molecule has 17 heavy (non-hydrogen) atoms. The molecular weight excluding hydrogens is 224 g/mol. The number of imide groups is 2. The first-order valence-electron chi connectivity index (χ1n) is 5.56. The molecule has 2 heterocycles. The molecule has 1 aliphatic carbocycles. The van der Waals surface area contributed by atoms with Crippen molar-refractivity contribution in [2.24, 2.45) is 17.3 Å². The molecule has 2 saturated heterocycles. The van der Waals surface area contributed by atoms with E-state index in [-0.39, 0.29) is 35.5 Å². The second-order valence-corrected chi connectivity index (χ2v) is 5.46. The second-order valence-electron chi connectivity index (χ2n) is 5.46. The number of carbonyl (C=O) groups excluding carboxylic acids is 4. The van der Waals surface area contributed by atoms with Crippen molar-refractivity contribution in [3.63, 3.8) is 0 Å². The van der Waals surface area contributed by atoms with Crippen LogP contribution in [0.2, 0.25) is 0 Å². The van der Waals surface area contributed by atoms with Crippen LogP contribution in [-0.2, 0) is 19.2 Å². The van der Waals surface area contributed by atoms with Crippen LogP contribution in [0.1, 0.15) is 20.3 Å². The normalized spacial score (nSPS) is 38.5. The van der Waals surface area contributed by atoms with Crippen LogP contribution in [0.15, 0.2) is 0 Å². The molecule has 0 radical (unpaired) electrons. The Hall–Kier alpha value is -1.72. The topological polar surface area (TPSA) is 83.6 Å². The Morgan fingerprint density at radius 1 is 1.12 bits per heavy atom. The molecule has 3 aliphatic rings. The number of hydrogen-bond acceptors (Lipinski definition) is 4. The molecule has 2 aliphatic heterocycles. The van der Waals surface area contributed by atoms with Gasteiger partial charge in [-0.15, -0.1) is 0 Å². The lowest BCUT2D eigenvalue weighted by Crippen LogP contribution is -2.47. The molecule has 0 aromatic rings. The van der Waals surface area contributed by atoms with Crippen molar-refractivity contribution in [3.05, 3.63) is 0 Å². The fraction of sp³-hybridized carbons (Fsp3) is 0.636. The quantitative estimate of drug-likeness (QED) is 0.594. The van der Waals surface area contributed by atoms with Gasteiger partial charge in [0.05, 0.1) is 18.3 Å². The zero-order chi connectivity index (χ0) is 12.5. The highest BCUT2D eigenvalue weighted by Crippen LogP contribution is 2.63. The molecule has 0 bridgehead atoms. The van der Waals surface area contributed by atoms with Crippen LogP contribution >= 0.6 is 0 Å². The summed E-state index contributed by atoms with van der Waals surface area (Å²) in [7, 11) is 0. The smallest absolute Gasteiger partial charge is 0.250 e. The van der Waals surface area contributed by atoms with E-state index < -0.39 is 17.9 Å². The van der Waals surface area contributed by atoms with Gasteiger partial charge in [-0.05, 0) is 5.41 Å². The van der Waals surface area contributed by atoms with Crippen LogP contribution in [0.4, 0.5) is 0 Å². The third kappa shape index (κ3) is 1.10. The number of piperidine rings is 1. The summed E-state index contributed by atoms with van der Waals surface area (Å²) in [6, 6.07) is -0.925. The predicted molar refractivity (Wildman–Crippen MR) is 54.2 cm³/mol. The Kier molecular flexibility index (Phi) is 1.69. The lowest BCUT2D eigenvalue weighted by Gasteiger charge is -2.23. The number of nitrogens with one attached hydrogen (secondary N) is 1. The summed E-state index contributed by atoms with van der Waals surface area (Å²) in [5, 5.41) is 2.11. The standard InChI is InChI=1S/C11H12N2O4/c1-11(2)6-7(11)10(17)13(9(6)16)4-3-5(14)12-8(4)15/h4,6-7H,3H2,1-2H3,(H,12,14,15). The van der Waals surface area contributed by atoms with Crippen molar-refractivity contribution >= 4 is 23.6 Å². The summed E-state index contributed by atoms with van der Waals surface area (Å²) in [5.41, 5.74) is -0.288. The highest BCUT2D eigenvalue weighted by atomic mass is 16.2. The molecule has 0 aromatic heterocycles. The first-order chi connectivity index (χ1) is 7.85. The van der Waals surface area contributed by atoms with Gasteiger partial charge >= 0.3 is 0 Å². The minimum atomic E-state index is -0.925. The molecule has 0 aromatic carbocycles. The average molecular weight is 236 g/mol. The van der Waals surface area contributed by atoms with E-state index in [0.29, 0.717) is 0 Å². The minimum absolute atomic E-state index is 0.101. The van der Waals surface area contributed by atoms with Gasteiger partial charge in [0.1, 0.15) is 6.04 Å². The Morgan fingerprint density at radius 2 is 1.65 bits per heavy atom. The van der Waals surface area contributed by atoms with E-state index >= 15 is 0 Å². The van der Waals surface area contributed by atoms with Gasteiger partial charge in [0, 0.05) is 0 Å². The largest absolute Gasteiger partial charge is 0.295 e. The van der Waals surface area contributed by atoms with Crippen molar-refractivity contribution in [1.82, 2.24) is 10.2 Å². The molecule has 1 N–H and O–H groups in total. The molecule has 3 unspecified atom stereocenters. The molecule has 6 heteroatoms. The SMILES string of the molecule is CC1(C)C2C(=O)N(C3CC(=O)NC3=O)C(=O)C21. The first kappa shape index (κ1) is 10.4. The third-order valence-electron chi connectivity index (χ3n) is 4.09. The zero-order valence-electron chi connectivity index (χ0n) is 9.52. The monoisotopic (exact) mass is 236 g/mol. The van der Waals surface area contributed by atoms with Gasteiger partial charge < -0.3 is 0 Å². The predicted octanol–water partition coefficient (Wildman–Crippen LogP) is -0.957. The molecule has 4 amide bonds. The molecule has 1 saturated carbocycles. The lowest BCUT2D eigenvalue weighted by molar-refractivity contribution is -0.149. The van der Waals surface area contributed by atoms with Crippen molar-refractivity contribution in [1.29, 1.82) is 0 Å². The number of rotatable bonds is 1. The van der Waals surface area contributed by atoms with E-state index in [1.807, 2.05) is 13.8 Å². The van der Waals surface area contributed by atoms with Gasteiger partial charge in [0.2, 0.25) is 23.6 Å². The van der Waals surface area contributed by atoms with Gasteiger partial charge in [-0.3, -0.25) is 29.4 Å². The minimum Gasteiger partial charge on any atom is -0.295 e. The average Bonchev–Trinajstić information content (AvgIpc) is 2.46. The van der Waals surface area contributed by atoms with Crippen molar-refractivity contribution in [3.8, 4) is 0 Å². The number of hydrogen-bond donors (Lipinski definition) is 1. The molecule has 3 rings (SSSR count). The molecule has 3 fully saturated rings. The van der Waals surface area contributed by atoms with Crippen molar-refractivity contribution < 1.29 is 19.2 Å². The van der Waals surface area contributed by atoms with Crippen LogP contribution in [0.25, 0.3) is 0 Å². The number of nitrogens with zero attached hydrogens (tertiary/aromatic N) is 1. The van der Waals surface area contributed by atoms with Crippen LogP contribution in [0.3, 0.4) is 0 Å². The van der Waals surface area contributed by atoms with Gasteiger partial charge in [0.15, 0.2) is 0 Å². The summed E-state index contributed by atoms with van der Waals surface area (Å²) < 4.78 is 0. The molecule has 6 nitrogen and oxygen atoms in total. The Labute approximate surface area is 97.3 Å². The van der Waals surface area contributed by atoms with Crippen LogP contribution in [-0.4, -0.2) is 34.6 Å². The van der Waals surface area contributed by atoms with Gasteiger partial charge in [-0.25, -0.2) is 0 Å². The van der Waals surface area contributed by atoms with E-state index in [0.717, 1.165) is 4.90 Å². The second kappa shape index (κ2) is 2.75. The van der Waals surface area contributed by atoms with Crippen LogP contribution in [0.5, 0.6) is 0 Å². The maximum Gasteiger partial charge on any atom is 0.250 e. The Bertz CT molecular complexity index is 458. The van der Waals surface area contributed by atoms with E-state index in [2.05, 4.69) is 5.32 Å². The summed E-state index contributed by atoms with van der Waals surface area (Å²) in [4.78, 5) is 47.6.